The van der Waals surface area contributed by atoms with E-state index in [-0.39, 0.29) is 9.92 Å². The van der Waals surface area contributed by atoms with Gasteiger partial charge in [-0.3, -0.25) is 0 Å². The number of piperidine rings is 1. The fourth-order valence-electron chi connectivity index (χ4n) is 2.36. The summed E-state index contributed by atoms with van der Waals surface area (Å²) in [5.74, 6) is 0. The maximum absolute atomic E-state index is 12.7. The molecule has 1 saturated heterocycles. The summed E-state index contributed by atoms with van der Waals surface area (Å²) in [5.41, 5.74) is -0.437. The molecular formula is C13H17BrClNO3S. The average molecular weight is 383 g/mol. The Labute approximate surface area is 133 Å². The number of methoxy groups -OCH3 is 1. The molecule has 2 rings (SSSR count). The Hall–Kier alpha value is -0.140. The lowest BCUT2D eigenvalue weighted by atomic mass is 9.96. The lowest BCUT2D eigenvalue weighted by Crippen LogP contribution is -2.49. The number of nitrogens with zero attached hydrogens (tertiary/aromatic N) is 1. The molecule has 1 aromatic rings. The van der Waals surface area contributed by atoms with Crippen molar-refractivity contribution in [2.75, 3.05) is 20.2 Å². The quantitative estimate of drug-likeness (QED) is 0.806. The van der Waals surface area contributed by atoms with Crippen molar-refractivity contribution in [3.05, 3.63) is 27.7 Å². The van der Waals surface area contributed by atoms with E-state index in [0.29, 0.717) is 13.1 Å². The van der Waals surface area contributed by atoms with Crippen LogP contribution in [0.25, 0.3) is 0 Å². The first-order valence-corrected chi connectivity index (χ1v) is 8.90. The van der Waals surface area contributed by atoms with Crippen LogP contribution in [0.2, 0.25) is 5.02 Å². The highest BCUT2D eigenvalue weighted by molar-refractivity contribution is 9.10. The third-order valence-corrected chi connectivity index (χ3v) is 6.45. The van der Waals surface area contributed by atoms with Crippen LogP contribution in [-0.2, 0) is 14.8 Å². The number of halogens is 2. The Morgan fingerprint density at radius 2 is 2.15 bits per heavy atom. The van der Waals surface area contributed by atoms with Crippen molar-refractivity contribution in [2.45, 2.75) is 30.3 Å². The smallest absolute Gasteiger partial charge is 0.244 e. The largest absolute Gasteiger partial charge is 0.377 e. The summed E-state index contributed by atoms with van der Waals surface area (Å²) < 4.78 is 33.0. The molecule has 1 unspecified atom stereocenters. The van der Waals surface area contributed by atoms with Gasteiger partial charge in [-0.2, -0.15) is 4.31 Å². The van der Waals surface area contributed by atoms with Crippen LogP contribution in [0.15, 0.2) is 27.6 Å². The molecule has 112 valence electrons. The zero-order valence-electron chi connectivity index (χ0n) is 11.4. The Kier molecular flexibility index (Phi) is 4.81. The van der Waals surface area contributed by atoms with E-state index in [1.54, 1.807) is 19.2 Å². The van der Waals surface area contributed by atoms with Gasteiger partial charge in [0.15, 0.2) is 0 Å². The molecule has 1 fully saturated rings. The predicted octanol–water partition coefficient (Wildman–Crippen LogP) is 3.29. The van der Waals surface area contributed by atoms with Crippen molar-refractivity contribution in [2.24, 2.45) is 0 Å². The van der Waals surface area contributed by atoms with Crippen molar-refractivity contribution >= 4 is 37.6 Å². The highest BCUT2D eigenvalue weighted by atomic mass is 79.9. The van der Waals surface area contributed by atoms with Crippen LogP contribution in [-0.4, -0.2) is 38.5 Å². The molecule has 0 aliphatic carbocycles. The van der Waals surface area contributed by atoms with Gasteiger partial charge < -0.3 is 4.74 Å². The Balaban J connectivity index is 2.35. The summed E-state index contributed by atoms with van der Waals surface area (Å²) >= 11 is 9.35. The normalized spacial score (nSPS) is 24.8. The first-order valence-electron chi connectivity index (χ1n) is 6.29. The lowest BCUT2D eigenvalue weighted by molar-refractivity contribution is -0.0319. The van der Waals surface area contributed by atoms with Gasteiger partial charge in [0.25, 0.3) is 0 Å². The van der Waals surface area contributed by atoms with Crippen molar-refractivity contribution in [1.82, 2.24) is 4.31 Å². The molecule has 0 bridgehead atoms. The van der Waals surface area contributed by atoms with Gasteiger partial charge in [0.1, 0.15) is 4.90 Å². The van der Waals surface area contributed by atoms with Gasteiger partial charge in [-0.25, -0.2) is 8.42 Å². The van der Waals surface area contributed by atoms with E-state index in [0.717, 1.165) is 17.3 Å². The van der Waals surface area contributed by atoms with E-state index in [4.69, 9.17) is 16.3 Å². The van der Waals surface area contributed by atoms with Crippen LogP contribution in [0, 0.1) is 0 Å². The molecular weight excluding hydrogens is 366 g/mol. The van der Waals surface area contributed by atoms with Gasteiger partial charge in [0.2, 0.25) is 10.0 Å². The number of sulfonamides is 1. The molecule has 1 aliphatic heterocycles. The zero-order chi connectivity index (χ0) is 15.0. The first-order chi connectivity index (χ1) is 9.28. The topological polar surface area (TPSA) is 46.6 Å². The zero-order valence-corrected chi connectivity index (χ0v) is 14.6. The Bertz CT molecular complexity index is 608. The van der Waals surface area contributed by atoms with Crippen molar-refractivity contribution in [3.8, 4) is 0 Å². The van der Waals surface area contributed by atoms with Crippen molar-refractivity contribution in [3.63, 3.8) is 0 Å². The molecule has 0 amide bonds. The molecule has 0 aromatic heterocycles. The van der Waals surface area contributed by atoms with Crippen LogP contribution in [0.4, 0.5) is 0 Å². The van der Waals surface area contributed by atoms with Gasteiger partial charge in [0, 0.05) is 24.7 Å². The predicted molar refractivity (Wildman–Crippen MR) is 82.6 cm³/mol. The second-order valence-corrected chi connectivity index (χ2v) is 8.40. The molecule has 0 N–H and O–H groups in total. The molecule has 1 aliphatic rings. The van der Waals surface area contributed by atoms with Crippen molar-refractivity contribution in [1.29, 1.82) is 0 Å². The highest BCUT2D eigenvalue weighted by Crippen LogP contribution is 2.32. The van der Waals surface area contributed by atoms with E-state index in [9.17, 15) is 8.42 Å². The van der Waals surface area contributed by atoms with Crippen LogP contribution >= 0.6 is 27.5 Å². The second kappa shape index (κ2) is 5.93. The minimum Gasteiger partial charge on any atom is -0.377 e. The molecule has 0 saturated carbocycles. The average Bonchev–Trinajstić information content (AvgIpc) is 2.38. The van der Waals surface area contributed by atoms with E-state index < -0.39 is 15.6 Å². The monoisotopic (exact) mass is 381 g/mol. The molecule has 4 nitrogen and oxygen atoms in total. The third-order valence-electron chi connectivity index (χ3n) is 3.63. The van der Waals surface area contributed by atoms with Crippen LogP contribution in [0.3, 0.4) is 0 Å². The summed E-state index contributed by atoms with van der Waals surface area (Å²) in [6.07, 6.45) is 1.63. The minimum atomic E-state index is -3.59. The van der Waals surface area contributed by atoms with E-state index in [1.807, 2.05) is 6.92 Å². The number of rotatable bonds is 3. The summed E-state index contributed by atoms with van der Waals surface area (Å²) in [4.78, 5) is 0.141. The van der Waals surface area contributed by atoms with E-state index in [1.165, 1.54) is 10.4 Å². The molecule has 0 radical (unpaired) electrons. The number of hydrogen-bond donors (Lipinski definition) is 0. The van der Waals surface area contributed by atoms with Gasteiger partial charge in [-0.05, 0) is 38.0 Å². The molecule has 0 spiro atoms. The lowest BCUT2D eigenvalue weighted by Gasteiger charge is -2.38. The maximum atomic E-state index is 12.7. The number of hydrogen-bond acceptors (Lipinski definition) is 3. The van der Waals surface area contributed by atoms with Gasteiger partial charge in [-0.15, -0.1) is 0 Å². The summed E-state index contributed by atoms with van der Waals surface area (Å²) in [6.45, 7) is 2.77. The van der Waals surface area contributed by atoms with Gasteiger partial charge >= 0.3 is 0 Å². The summed E-state index contributed by atoms with van der Waals surface area (Å²) in [7, 11) is -1.98. The van der Waals surface area contributed by atoms with Crippen molar-refractivity contribution < 1.29 is 13.2 Å². The van der Waals surface area contributed by atoms with Crippen LogP contribution < -0.4 is 0 Å². The molecule has 20 heavy (non-hydrogen) atoms. The molecule has 1 atom stereocenters. The fourth-order valence-corrected chi connectivity index (χ4v) is 4.96. The number of benzene rings is 1. The van der Waals surface area contributed by atoms with E-state index in [2.05, 4.69) is 15.9 Å². The third kappa shape index (κ3) is 3.20. The minimum absolute atomic E-state index is 0.141. The number of ether oxygens (including phenoxy) is 1. The van der Waals surface area contributed by atoms with Crippen LogP contribution in [0.1, 0.15) is 19.8 Å². The Morgan fingerprint density at radius 3 is 2.75 bits per heavy atom. The fraction of sp³-hybridized carbons (Fsp3) is 0.538. The second-order valence-electron chi connectivity index (χ2n) is 5.17. The molecule has 1 aromatic carbocycles. The van der Waals surface area contributed by atoms with Gasteiger partial charge in [-0.1, -0.05) is 27.5 Å². The van der Waals surface area contributed by atoms with Crippen LogP contribution in [0.5, 0.6) is 0 Å². The molecule has 1 heterocycles. The summed E-state index contributed by atoms with van der Waals surface area (Å²) in [6, 6.07) is 4.80. The maximum Gasteiger partial charge on any atom is 0.244 e. The summed E-state index contributed by atoms with van der Waals surface area (Å²) in [5, 5.41) is 0.226. The Morgan fingerprint density at radius 1 is 1.45 bits per heavy atom. The highest BCUT2D eigenvalue weighted by Gasteiger charge is 2.37. The van der Waals surface area contributed by atoms with E-state index >= 15 is 0 Å². The standard InChI is InChI=1S/C13H17BrClNO3S/c1-13(19-2)6-3-7-16(9-13)20(17,18)12-5-4-10(14)8-11(12)15/h4-5,8H,3,6-7,9H2,1-2H3. The van der Waals surface area contributed by atoms with Gasteiger partial charge in [0.05, 0.1) is 10.6 Å². The molecule has 7 heteroatoms. The SMILES string of the molecule is COC1(C)CCCN(S(=O)(=O)c2ccc(Br)cc2Cl)C1. The first kappa shape index (κ1) is 16.2.